The monoisotopic (exact) mass is 312 g/mol. The van der Waals surface area contributed by atoms with Gasteiger partial charge in [-0.1, -0.05) is 20.8 Å². The van der Waals surface area contributed by atoms with Gasteiger partial charge in [0, 0.05) is 24.5 Å². The van der Waals surface area contributed by atoms with Crippen LogP contribution in [0.25, 0.3) is 0 Å². The Bertz CT molecular complexity index is 519. The minimum atomic E-state index is -0.903. The number of nitrogens with zero attached hydrogens (tertiary/aromatic N) is 2. The van der Waals surface area contributed by atoms with Crippen molar-refractivity contribution in [1.29, 1.82) is 0 Å². The first-order chi connectivity index (χ1) is 9.70. The lowest BCUT2D eigenvalue weighted by molar-refractivity contribution is -0.0403. The second-order valence-electron chi connectivity index (χ2n) is 6.73. The van der Waals surface area contributed by atoms with Crippen molar-refractivity contribution in [2.45, 2.75) is 52.2 Å². The third-order valence-corrected chi connectivity index (χ3v) is 4.79. The van der Waals surface area contributed by atoms with Gasteiger partial charge in [-0.15, -0.1) is 11.3 Å². The molecule has 0 radical (unpaired) electrons. The van der Waals surface area contributed by atoms with Crippen LogP contribution >= 0.6 is 11.3 Å². The highest BCUT2D eigenvalue weighted by atomic mass is 32.1. The van der Waals surface area contributed by atoms with E-state index in [4.69, 9.17) is 4.74 Å². The van der Waals surface area contributed by atoms with Crippen molar-refractivity contribution in [3.05, 3.63) is 15.6 Å². The van der Waals surface area contributed by atoms with Crippen molar-refractivity contribution in [2.75, 3.05) is 19.7 Å². The molecule has 5 nitrogen and oxygen atoms in total. The summed E-state index contributed by atoms with van der Waals surface area (Å²) in [7, 11) is 0. The number of hydrogen-bond donors (Lipinski definition) is 1. The van der Waals surface area contributed by atoms with Crippen LogP contribution in [-0.2, 0) is 10.2 Å². The maximum atomic E-state index is 11.5. The Morgan fingerprint density at radius 2 is 2.14 bits per heavy atom. The van der Waals surface area contributed by atoms with Gasteiger partial charge >= 0.3 is 5.97 Å². The van der Waals surface area contributed by atoms with Crippen molar-refractivity contribution in [3.8, 4) is 0 Å². The van der Waals surface area contributed by atoms with E-state index in [0.29, 0.717) is 23.2 Å². The first kappa shape index (κ1) is 16.4. The smallest absolute Gasteiger partial charge is 0.347 e. The Morgan fingerprint density at radius 1 is 1.48 bits per heavy atom. The van der Waals surface area contributed by atoms with Crippen molar-refractivity contribution >= 4 is 17.3 Å². The van der Waals surface area contributed by atoms with Crippen LogP contribution < -0.4 is 0 Å². The molecule has 21 heavy (non-hydrogen) atoms. The van der Waals surface area contributed by atoms with Crippen molar-refractivity contribution in [1.82, 2.24) is 9.88 Å². The number of ether oxygens (including phenoxy) is 1. The molecule has 1 atom stereocenters. The van der Waals surface area contributed by atoms with Gasteiger partial charge in [0.1, 0.15) is 16.0 Å². The molecule has 1 aliphatic heterocycles. The van der Waals surface area contributed by atoms with Crippen LogP contribution in [0.15, 0.2) is 0 Å². The minimum Gasteiger partial charge on any atom is -0.477 e. The molecule has 118 valence electrons. The van der Waals surface area contributed by atoms with Crippen LogP contribution in [0.4, 0.5) is 0 Å². The molecule has 1 aromatic rings. The summed E-state index contributed by atoms with van der Waals surface area (Å²) in [5, 5.41) is 10.2. The molecule has 1 N–H and O–H groups in total. The predicted molar refractivity (Wildman–Crippen MR) is 83.2 cm³/mol. The number of morpholine rings is 1. The van der Waals surface area contributed by atoms with Gasteiger partial charge in [-0.3, -0.25) is 4.90 Å². The highest BCUT2D eigenvalue weighted by Crippen LogP contribution is 2.34. The Labute approximate surface area is 129 Å². The quantitative estimate of drug-likeness (QED) is 0.930. The van der Waals surface area contributed by atoms with E-state index in [2.05, 4.69) is 23.7 Å². The highest BCUT2D eigenvalue weighted by molar-refractivity contribution is 7.13. The van der Waals surface area contributed by atoms with E-state index in [1.54, 1.807) is 0 Å². The van der Waals surface area contributed by atoms with Crippen LogP contribution in [0.5, 0.6) is 0 Å². The topological polar surface area (TPSA) is 62.7 Å². The fourth-order valence-corrected chi connectivity index (χ4v) is 3.57. The molecule has 0 spiro atoms. The number of carboxylic acid groups (broad SMARTS) is 1. The van der Waals surface area contributed by atoms with Gasteiger partial charge in [0.2, 0.25) is 0 Å². The van der Waals surface area contributed by atoms with Gasteiger partial charge < -0.3 is 9.84 Å². The molecule has 1 fully saturated rings. The Kier molecular flexibility index (Phi) is 4.70. The first-order valence-electron chi connectivity index (χ1n) is 7.30. The van der Waals surface area contributed by atoms with Crippen LogP contribution in [0.2, 0.25) is 0 Å². The lowest BCUT2D eigenvalue weighted by Crippen LogP contribution is -2.42. The van der Waals surface area contributed by atoms with Crippen molar-refractivity contribution < 1.29 is 14.6 Å². The molecular weight excluding hydrogens is 288 g/mol. The fraction of sp³-hybridized carbons (Fsp3) is 0.733. The van der Waals surface area contributed by atoms with E-state index >= 15 is 0 Å². The zero-order chi connectivity index (χ0) is 15.8. The molecule has 0 aliphatic carbocycles. The average molecular weight is 312 g/mol. The number of aromatic carboxylic acids is 1. The van der Waals surface area contributed by atoms with Crippen LogP contribution in [-0.4, -0.2) is 46.7 Å². The number of hydrogen-bond acceptors (Lipinski definition) is 5. The molecule has 2 rings (SSSR count). The van der Waals surface area contributed by atoms with Crippen LogP contribution in [0, 0.1) is 0 Å². The SMILES string of the molecule is CC(C)N1CCOC(c2nc(C(C)(C)C)c(C(=O)O)s2)C1. The number of carboxylic acids is 1. The van der Waals surface area contributed by atoms with Gasteiger partial charge in [0.05, 0.1) is 12.3 Å². The van der Waals surface area contributed by atoms with E-state index in [1.807, 2.05) is 20.8 Å². The Hall–Kier alpha value is -0.980. The third kappa shape index (κ3) is 3.62. The molecular formula is C15H24N2O3S. The van der Waals surface area contributed by atoms with E-state index in [9.17, 15) is 9.90 Å². The van der Waals surface area contributed by atoms with E-state index in [-0.39, 0.29) is 11.5 Å². The predicted octanol–water partition coefficient (Wildman–Crippen LogP) is 2.92. The minimum absolute atomic E-state index is 0.125. The maximum absolute atomic E-state index is 11.5. The van der Waals surface area contributed by atoms with E-state index < -0.39 is 5.97 Å². The lowest BCUT2D eigenvalue weighted by atomic mass is 9.91. The summed E-state index contributed by atoms with van der Waals surface area (Å²) in [5.41, 5.74) is 0.370. The molecule has 1 saturated heterocycles. The normalized spacial score (nSPS) is 21.0. The third-order valence-electron chi connectivity index (χ3n) is 3.65. The number of thiazole rings is 1. The molecule has 0 saturated carbocycles. The van der Waals surface area contributed by atoms with Crippen LogP contribution in [0.1, 0.15) is 61.1 Å². The zero-order valence-electron chi connectivity index (χ0n) is 13.3. The number of aromatic nitrogens is 1. The summed E-state index contributed by atoms with van der Waals surface area (Å²) in [6.07, 6.45) is -0.125. The van der Waals surface area contributed by atoms with Gasteiger partial charge in [0.15, 0.2) is 0 Å². The molecule has 1 aromatic heterocycles. The summed E-state index contributed by atoms with van der Waals surface area (Å²) < 4.78 is 5.82. The van der Waals surface area contributed by atoms with E-state index in [0.717, 1.165) is 18.1 Å². The molecule has 0 bridgehead atoms. The van der Waals surface area contributed by atoms with Crippen molar-refractivity contribution in [2.24, 2.45) is 0 Å². The summed E-state index contributed by atoms with van der Waals surface area (Å²) in [6, 6.07) is 0.456. The maximum Gasteiger partial charge on any atom is 0.347 e. The zero-order valence-corrected chi connectivity index (χ0v) is 14.2. The Balaban J connectivity index is 2.30. The van der Waals surface area contributed by atoms with E-state index in [1.165, 1.54) is 11.3 Å². The van der Waals surface area contributed by atoms with Crippen LogP contribution in [0.3, 0.4) is 0 Å². The summed E-state index contributed by atoms with van der Waals surface area (Å²) in [4.78, 5) is 18.7. The molecule has 2 heterocycles. The second kappa shape index (κ2) is 6.02. The molecule has 0 amide bonds. The van der Waals surface area contributed by atoms with Gasteiger partial charge in [0.25, 0.3) is 0 Å². The molecule has 1 unspecified atom stereocenters. The number of carbonyl (C=O) groups is 1. The summed E-state index contributed by atoms with van der Waals surface area (Å²) in [5.74, 6) is -0.903. The molecule has 0 aromatic carbocycles. The molecule has 6 heteroatoms. The second-order valence-corrected chi connectivity index (χ2v) is 7.76. The largest absolute Gasteiger partial charge is 0.477 e. The van der Waals surface area contributed by atoms with Gasteiger partial charge in [-0.05, 0) is 13.8 Å². The number of rotatable bonds is 3. The van der Waals surface area contributed by atoms with Crippen molar-refractivity contribution in [3.63, 3.8) is 0 Å². The summed E-state index contributed by atoms with van der Waals surface area (Å²) >= 11 is 1.25. The summed E-state index contributed by atoms with van der Waals surface area (Å²) in [6.45, 7) is 12.6. The standard InChI is InChI=1S/C15H24N2O3S/c1-9(2)17-6-7-20-10(8-17)13-16-12(15(3,4)5)11(21-13)14(18)19/h9-10H,6-8H2,1-5H3,(H,18,19). The Morgan fingerprint density at radius 3 is 2.62 bits per heavy atom. The van der Waals surface area contributed by atoms with Gasteiger partial charge in [-0.25, -0.2) is 9.78 Å². The first-order valence-corrected chi connectivity index (χ1v) is 8.12. The average Bonchev–Trinajstić information content (AvgIpc) is 2.84. The van der Waals surface area contributed by atoms with Gasteiger partial charge in [-0.2, -0.15) is 0 Å². The highest BCUT2D eigenvalue weighted by Gasteiger charge is 2.32. The lowest BCUT2D eigenvalue weighted by Gasteiger charge is -2.34. The fourth-order valence-electron chi connectivity index (χ4n) is 2.42. The molecule has 1 aliphatic rings.